The van der Waals surface area contributed by atoms with Gasteiger partial charge in [-0.2, -0.15) is 13.2 Å². The summed E-state index contributed by atoms with van der Waals surface area (Å²) in [5.41, 5.74) is 0.319. The monoisotopic (exact) mass is 209 g/mol. The highest BCUT2D eigenvalue weighted by Gasteiger charge is 2.40. The van der Waals surface area contributed by atoms with Crippen molar-refractivity contribution < 1.29 is 13.2 Å². The summed E-state index contributed by atoms with van der Waals surface area (Å²) >= 11 is 1.32. The molecule has 1 heterocycles. The first-order valence-corrected chi connectivity index (χ1v) is 4.62. The third-order valence-electron chi connectivity index (χ3n) is 1.83. The number of rotatable bonds is 2. The van der Waals surface area contributed by atoms with E-state index in [2.05, 4.69) is 5.32 Å². The molecule has 1 unspecified atom stereocenters. The van der Waals surface area contributed by atoms with Gasteiger partial charge in [0, 0.05) is 4.88 Å². The van der Waals surface area contributed by atoms with Crippen LogP contribution in [0.4, 0.5) is 13.2 Å². The largest absolute Gasteiger partial charge is 0.407 e. The van der Waals surface area contributed by atoms with Gasteiger partial charge in [-0.05, 0) is 31.0 Å². The smallest absolute Gasteiger partial charge is 0.306 e. The van der Waals surface area contributed by atoms with E-state index in [0.717, 1.165) is 0 Å². The summed E-state index contributed by atoms with van der Waals surface area (Å²) in [6, 6.07) is -0.0342. The summed E-state index contributed by atoms with van der Waals surface area (Å²) in [6.07, 6.45) is -4.22. The minimum absolute atomic E-state index is 0.319. The van der Waals surface area contributed by atoms with Gasteiger partial charge in [0.15, 0.2) is 0 Å². The maximum Gasteiger partial charge on any atom is 0.407 e. The molecule has 1 aromatic rings. The Kier molecular flexibility index (Phi) is 2.98. The summed E-state index contributed by atoms with van der Waals surface area (Å²) in [6.45, 7) is 1.69. The molecule has 0 saturated heterocycles. The summed E-state index contributed by atoms with van der Waals surface area (Å²) in [4.78, 5) is 0.705. The van der Waals surface area contributed by atoms with Gasteiger partial charge < -0.3 is 5.32 Å². The molecule has 1 aromatic heterocycles. The Hall–Kier alpha value is -0.550. The minimum atomic E-state index is -4.22. The number of aryl methyl sites for hydroxylation is 1. The van der Waals surface area contributed by atoms with Crippen LogP contribution in [-0.4, -0.2) is 13.2 Å². The molecule has 1 nitrogen and oxygen atoms in total. The lowest BCUT2D eigenvalue weighted by Crippen LogP contribution is -2.31. The summed E-state index contributed by atoms with van der Waals surface area (Å²) in [5, 5.41) is 3.93. The molecule has 0 aliphatic rings. The van der Waals surface area contributed by atoms with Gasteiger partial charge in [-0.15, -0.1) is 11.3 Å². The summed E-state index contributed by atoms with van der Waals surface area (Å²) < 4.78 is 37.2. The fourth-order valence-electron chi connectivity index (χ4n) is 1.19. The highest BCUT2D eigenvalue weighted by atomic mass is 32.1. The van der Waals surface area contributed by atoms with E-state index in [1.54, 1.807) is 12.3 Å². The normalized spacial score (nSPS) is 14.5. The Morgan fingerprint density at radius 3 is 2.38 bits per heavy atom. The van der Waals surface area contributed by atoms with Crippen LogP contribution >= 0.6 is 11.3 Å². The third kappa shape index (κ3) is 2.22. The minimum Gasteiger partial charge on any atom is -0.306 e. The number of nitrogens with one attached hydrogen (secondary N) is 1. The average Bonchev–Trinajstić information content (AvgIpc) is 2.35. The zero-order valence-corrected chi connectivity index (χ0v) is 8.09. The van der Waals surface area contributed by atoms with Crippen molar-refractivity contribution in [3.05, 3.63) is 21.9 Å². The van der Waals surface area contributed by atoms with Crippen LogP contribution in [0.15, 0.2) is 11.4 Å². The van der Waals surface area contributed by atoms with Crippen LogP contribution in [0.1, 0.15) is 16.5 Å². The average molecular weight is 209 g/mol. The van der Waals surface area contributed by atoms with Crippen molar-refractivity contribution in [2.75, 3.05) is 7.05 Å². The molecule has 1 N–H and O–H groups in total. The highest BCUT2D eigenvalue weighted by molar-refractivity contribution is 7.10. The SMILES string of the molecule is CNC(c1ccsc1C)C(F)(F)F. The molecular weight excluding hydrogens is 199 g/mol. The summed E-state index contributed by atoms with van der Waals surface area (Å²) in [5.74, 6) is 0. The number of halogens is 3. The summed E-state index contributed by atoms with van der Waals surface area (Å²) in [7, 11) is 1.31. The van der Waals surface area contributed by atoms with Gasteiger partial charge in [-0.25, -0.2) is 0 Å². The van der Waals surface area contributed by atoms with Crippen molar-refractivity contribution in [2.24, 2.45) is 0 Å². The Morgan fingerprint density at radius 2 is 2.08 bits per heavy atom. The first-order valence-electron chi connectivity index (χ1n) is 3.74. The van der Waals surface area contributed by atoms with Crippen LogP contribution < -0.4 is 5.32 Å². The van der Waals surface area contributed by atoms with Crippen LogP contribution in [-0.2, 0) is 0 Å². The van der Waals surface area contributed by atoms with Crippen molar-refractivity contribution in [2.45, 2.75) is 19.1 Å². The van der Waals surface area contributed by atoms with Crippen LogP contribution in [0.3, 0.4) is 0 Å². The molecule has 5 heteroatoms. The number of hydrogen-bond acceptors (Lipinski definition) is 2. The predicted molar refractivity (Wildman–Crippen MR) is 46.9 cm³/mol. The van der Waals surface area contributed by atoms with Crippen molar-refractivity contribution in [3.8, 4) is 0 Å². The lowest BCUT2D eigenvalue weighted by molar-refractivity contribution is -0.156. The second kappa shape index (κ2) is 3.67. The van der Waals surface area contributed by atoms with Gasteiger partial charge in [-0.3, -0.25) is 0 Å². The Morgan fingerprint density at radius 1 is 1.46 bits per heavy atom. The van der Waals surface area contributed by atoms with E-state index < -0.39 is 12.2 Å². The quantitative estimate of drug-likeness (QED) is 0.789. The van der Waals surface area contributed by atoms with Gasteiger partial charge in [0.1, 0.15) is 6.04 Å². The molecule has 0 fully saturated rings. The van der Waals surface area contributed by atoms with Crippen molar-refractivity contribution >= 4 is 11.3 Å². The molecule has 1 rings (SSSR count). The molecule has 0 aromatic carbocycles. The molecule has 0 amide bonds. The second-order valence-electron chi connectivity index (χ2n) is 2.70. The lowest BCUT2D eigenvalue weighted by Gasteiger charge is -2.19. The van der Waals surface area contributed by atoms with Crippen LogP contribution in [0.25, 0.3) is 0 Å². The van der Waals surface area contributed by atoms with E-state index in [1.807, 2.05) is 0 Å². The van der Waals surface area contributed by atoms with E-state index in [4.69, 9.17) is 0 Å². The molecule has 74 valence electrons. The van der Waals surface area contributed by atoms with Gasteiger partial charge in [0.25, 0.3) is 0 Å². The van der Waals surface area contributed by atoms with E-state index >= 15 is 0 Å². The second-order valence-corrected chi connectivity index (χ2v) is 3.82. The molecular formula is C8H10F3NS. The zero-order valence-electron chi connectivity index (χ0n) is 7.27. The Labute approximate surface area is 78.6 Å². The number of thiophene rings is 1. The van der Waals surface area contributed by atoms with Gasteiger partial charge in [-0.1, -0.05) is 0 Å². The fraction of sp³-hybridized carbons (Fsp3) is 0.500. The van der Waals surface area contributed by atoms with Crippen molar-refractivity contribution in [3.63, 3.8) is 0 Å². The lowest BCUT2D eigenvalue weighted by atomic mass is 10.1. The first kappa shape index (κ1) is 10.5. The molecule has 0 saturated carbocycles. The van der Waals surface area contributed by atoms with E-state index in [9.17, 15) is 13.2 Å². The molecule has 1 atom stereocenters. The Bertz CT molecular complexity index is 279. The van der Waals surface area contributed by atoms with E-state index in [-0.39, 0.29) is 0 Å². The van der Waals surface area contributed by atoms with Gasteiger partial charge >= 0.3 is 6.18 Å². The van der Waals surface area contributed by atoms with Crippen LogP contribution in [0, 0.1) is 6.92 Å². The van der Waals surface area contributed by atoms with Crippen molar-refractivity contribution in [1.29, 1.82) is 0 Å². The zero-order chi connectivity index (χ0) is 10.1. The van der Waals surface area contributed by atoms with Crippen LogP contribution in [0.5, 0.6) is 0 Å². The van der Waals surface area contributed by atoms with E-state index in [1.165, 1.54) is 24.5 Å². The number of hydrogen-bond donors (Lipinski definition) is 1. The standard InChI is InChI=1S/C8H10F3NS/c1-5-6(3-4-13-5)7(12-2)8(9,10)11/h3-4,7,12H,1-2H3. The first-order chi connectivity index (χ1) is 5.96. The fourth-order valence-corrected chi connectivity index (χ4v) is 1.93. The maximum atomic E-state index is 12.4. The highest BCUT2D eigenvalue weighted by Crippen LogP contribution is 2.35. The molecule has 0 aliphatic carbocycles. The van der Waals surface area contributed by atoms with Gasteiger partial charge in [0.2, 0.25) is 0 Å². The molecule has 0 radical (unpaired) electrons. The number of alkyl halides is 3. The molecule has 0 bridgehead atoms. The molecule has 13 heavy (non-hydrogen) atoms. The van der Waals surface area contributed by atoms with Gasteiger partial charge in [0.05, 0.1) is 0 Å². The third-order valence-corrected chi connectivity index (χ3v) is 2.69. The molecule has 0 spiro atoms. The molecule has 0 aliphatic heterocycles. The van der Waals surface area contributed by atoms with Crippen molar-refractivity contribution in [1.82, 2.24) is 5.32 Å². The van der Waals surface area contributed by atoms with E-state index in [0.29, 0.717) is 10.4 Å². The predicted octanol–water partition coefficient (Wildman–Crippen LogP) is 2.88. The van der Waals surface area contributed by atoms with Crippen LogP contribution in [0.2, 0.25) is 0 Å². The topological polar surface area (TPSA) is 12.0 Å². The maximum absolute atomic E-state index is 12.4. The Balaban J connectivity index is 2.98.